The molecule has 0 bridgehead atoms. The SMILES string of the molecule is O=C1CCn2c(=O)[nH]c3cccc(c32)N1. The number of benzene rings is 1. The van der Waals surface area contributed by atoms with Crippen molar-refractivity contribution in [2.45, 2.75) is 13.0 Å². The van der Waals surface area contributed by atoms with E-state index in [9.17, 15) is 9.59 Å². The van der Waals surface area contributed by atoms with Crippen LogP contribution in [0.1, 0.15) is 6.42 Å². The highest BCUT2D eigenvalue weighted by molar-refractivity contribution is 6.00. The van der Waals surface area contributed by atoms with Crippen molar-refractivity contribution in [3.63, 3.8) is 0 Å². The first-order valence-corrected chi connectivity index (χ1v) is 4.77. The fourth-order valence-corrected chi connectivity index (χ4v) is 1.96. The zero-order chi connectivity index (χ0) is 10.4. The quantitative estimate of drug-likeness (QED) is 0.660. The summed E-state index contributed by atoms with van der Waals surface area (Å²) in [6.45, 7) is 0.432. The summed E-state index contributed by atoms with van der Waals surface area (Å²) in [4.78, 5) is 25.7. The molecule has 2 aromatic rings. The number of aromatic amines is 1. The average molecular weight is 203 g/mol. The molecule has 0 saturated heterocycles. The van der Waals surface area contributed by atoms with E-state index in [4.69, 9.17) is 0 Å². The molecule has 0 atom stereocenters. The summed E-state index contributed by atoms with van der Waals surface area (Å²) in [5.41, 5.74) is 2.09. The van der Waals surface area contributed by atoms with Gasteiger partial charge in [0.25, 0.3) is 0 Å². The Bertz CT molecular complexity index is 609. The zero-order valence-corrected chi connectivity index (χ0v) is 7.91. The molecule has 0 fully saturated rings. The van der Waals surface area contributed by atoms with E-state index in [1.807, 2.05) is 12.1 Å². The van der Waals surface area contributed by atoms with Crippen LogP contribution in [0.5, 0.6) is 0 Å². The van der Waals surface area contributed by atoms with E-state index in [1.54, 1.807) is 10.6 Å². The minimum atomic E-state index is -0.158. The lowest BCUT2D eigenvalue weighted by Crippen LogP contribution is -2.17. The lowest BCUT2D eigenvalue weighted by atomic mass is 10.2. The van der Waals surface area contributed by atoms with E-state index in [-0.39, 0.29) is 11.6 Å². The lowest BCUT2D eigenvalue weighted by Gasteiger charge is -2.01. The maximum absolute atomic E-state index is 11.6. The first-order valence-electron chi connectivity index (χ1n) is 4.77. The minimum Gasteiger partial charge on any atom is -0.324 e. The van der Waals surface area contributed by atoms with Crippen LogP contribution < -0.4 is 11.0 Å². The summed E-state index contributed by atoms with van der Waals surface area (Å²) in [5.74, 6) is -0.0504. The van der Waals surface area contributed by atoms with Crippen molar-refractivity contribution in [2.24, 2.45) is 0 Å². The Hall–Kier alpha value is -2.04. The average Bonchev–Trinajstić information content (AvgIpc) is 2.40. The molecule has 0 unspecified atom stereocenters. The fraction of sp³-hybridized carbons (Fsp3) is 0.200. The lowest BCUT2D eigenvalue weighted by molar-refractivity contribution is -0.116. The summed E-state index contributed by atoms with van der Waals surface area (Å²) in [7, 11) is 0. The fourth-order valence-electron chi connectivity index (χ4n) is 1.96. The van der Waals surface area contributed by atoms with Gasteiger partial charge in [0, 0.05) is 13.0 Å². The van der Waals surface area contributed by atoms with E-state index in [0.29, 0.717) is 18.7 Å². The summed E-state index contributed by atoms with van der Waals surface area (Å²) in [6, 6.07) is 5.44. The summed E-state index contributed by atoms with van der Waals surface area (Å²) in [6.07, 6.45) is 0.335. The van der Waals surface area contributed by atoms with Crippen molar-refractivity contribution < 1.29 is 4.79 Å². The minimum absolute atomic E-state index is 0.0504. The molecule has 1 amide bonds. The number of hydrogen-bond donors (Lipinski definition) is 2. The van der Waals surface area contributed by atoms with Crippen molar-refractivity contribution in [3.05, 3.63) is 28.7 Å². The highest BCUT2D eigenvalue weighted by atomic mass is 16.2. The van der Waals surface area contributed by atoms with Crippen LogP contribution in [-0.4, -0.2) is 15.5 Å². The van der Waals surface area contributed by atoms with Crippen LogP contribution in [0.25, 0.3) is 11.0 Å². The molecular weight excluding hydrogens is 194 g/mol. The number of anilines is 1. The number of rotatable bonds is 0. The molecule has 5 nitrogen and oxygen atoms in total. The summed E-state index contributed by atoms with van der Waals surface area (Å²) < 4.78 is 1.60. The Kier molecular flexibility index (Phi) is 1.50. The highest BCUT2D eigenvalue weighted by Gasteiger charge is 2.16. The number of H-pyrrole nitrogens is 1. The van der Waals surface area contributed by atoms with Crippen LogP contribution in [0.4, 0.5) is 5.69 Å². The van der Waals surface area contributed by atoms with Crippen LogP contribution in [-0.2, 0) is 11.3 Å². The normalized spacial score (nSPS) is 15.1. The second-order valence-electron chi connectivity index (χ2n) is 3.58. The predicted octanol–water partition coefficient (Wildman–Crippen LogP) is 0.672. The number of aryl methyl sites for hydroxylation is 1. The van der Waals surface area contributed by atoms with Gasteiger partial charge in [-0.15, -0.1) is 0 Å². The molecule has 5 heteroatoms. The topological polar surface area (TPSA) is 66.9 Å². The Morgan fingerprint density at radius 2 is 2.13 bits per heavy atom. The first kappa shape index (κ1) is 8.28. The Balaban J connectivity index is 2.44. The summed E-state index contributed by atoms with van der Waals surface area (Å²) in [5, 5.41) is 2.78. The molecule has 0 saturated carbocycles. The molecule has 1 aromatic heterocycles. The third kappa shape index (κ3) is 1.09. The third-order valence-electron chi connectivity index (χ3n) is 2.63. The Morgan fingerprint density at radius 1 is 1.27 bits per heavy atom. The molecule has 1 aliphatic rings. The van der Waals surface area contributed by atoms with Crippen LogP contribution >= 0.6 is 0 Å². The van der Waals surface area contributed by atoms with E-state index in [0.717, 1.165) is 11.0 Å². The zero-order valence-electron chi connectivity index (χ0n) is 7.91. The van der Waals surface area contributed by atoms with E-state index in [1.165, 1.54) is 0 Å². The van der Waals surface area contributed by atoms with Gasteiger partial charge < -0.3 is 10.3 Å². The van der Waals surface area contributed by atoms with Gasteiger partial charge in [-0.2, -0.15) is 0 Å². The van der Waals surface area contributed by atoms with Crippen molar-refractivity contribution >= 4 is 22.6 Å². The first-order chi connectivity index (χ1) is 7.25. The van der Waals surface area contributed by atoms with Gasteiger partial charge >= 0.3 is 5.69 Å². The van der Waals surface area contributed by atoms with Gasteiger partial charge in [0.1, 0.15) is 0 Å². The maximum Gasteiger partial charge on any atom is 0.326 e. The number of carbonyl (C=O) groups excluding carboxylic acids is 1. The monoisotopic (exact) mass is 203 g/mol. The van der Waals surface area contributed by atoms with Gasteiger partial charge in [0.2, 0.25) is 5.91 Å². The van der Waals surface area contributed by atoms with Crippen molar-refractivity contribution in [2.75, 3.05) is 5.32 Å². The molecule has 3 rings (SSSR count). The van der Waals surface area contributed by atoms with Crippen LogP contribution in [0, 0.1) is 0 Å². The molecule has 1 aromatic carbocycles. The number of aromatic nitrogens is 2. The van der Waals surface area contributed by atoms with Crippen LogP contribution in [0.15, 0.2) is 23.0 Å². The van der Waals surface area contributed by atoms with E-state index in [2.05, 4.69) is 10.3 Å². The molecule has 15 heavy (non-hydrogen) atoms. The molecule has 0 aliphatic carbocycles. The van der Waals surface area contributed by atoms with Crippen LogP contribution in [0.3, 0.4) is 0 Å². The van der Waals surface area contributed by atoms with Gasteiger partial charge in [0.15, 0.2) is 0 Å². The van der Waals surface area contributed by atoms with Crippen LogP contribution in [0.2, 0.25) is 0 Å². The molecule has 2 heterocycles. The van der Waals surface area contributed by atoms with Gasteiger partial charge in [-0.25, -0.2) is 4.79 Å². The van der Waals surface area contributed by atoms with Gasteiger partial charge in [-0.3, -0.25) is 9.36 Å². The number of imidazole rings is 1. The van der Waals surface area contributed by atoms with Gasteiger partial charge in [-0.05, 0) is 12.1 Å². The van der Waals surface area contributed by atoms with Crippen molar-refractivity contribution in [1.29, 1.82) is 0 Å². The second-order valence-corrected chi connectivity index (χ2v) is 3.58. The number of carbonyl (C=O) groups is 1. The van der Waals surface area contributed by atoms with E-state index < -0.39 is 0 Å². The smallest absolute Gasteiger partial charge is 0.324 e. The second kappa shape index (κ2) is 2.73. The third-order valence-corrected chi connectivity index (χ3v) is 2.63. The number of hydrogen-bond acceptors (Lipinski definition) is 2. The molecular formula is C10H9N3O2. The Labute approximate surface area is 84.7 Å². The molecule has 76 valence electrons. The number of amides is 1. The van der Waals surface area contributed by atoms with E-state index >= 15 is 0 Å². The molecule has 0 spiro atoms. The Morgan fingerprint density at radius 3 is 3.00 bits per heavy atom. The highest BCUT2D eigenvalue weighted by Crippen LogP contribution is 2.23. The van der Waals surface area contributed by atoms with Gasteiger partial charge in [-0.1, -0.05) is 6.07 Å². The maximum atomic E-state index is 11.6. The van der Waals surface area contributed by atoms with Crippen molar-refractivity contribution in [3.8, 4) is 0 Å². The molecule has 1 aliphatic heterocycles. The molecule has 2 N–H and O–H groups in total. The summed E-state index contributed by atoms with van der Waals surface area (Å²) >= 11 is 0. The number of nitrogens with one attached hydrogen (secondary N) is 2. The van der Waals surface area contributed by atoms with Gasteiger partial charge in [0.05, 0.1) is 16.7 Å². The van der Waals surface area contributed by atoms with Crippen molar-refractivity contribution in [1.82, 2.24) is 9.55 Å². The standard InChI is InChI=1S/C10H9N3O2/c14-8-4-5-13-9-6(11-8)2-1-3-7(9)12-10(13)15/h1-3H,4-5H2,(H,11,14)(H,12,15). The number of nitrogens with zero attached hydrogens (tertiary/aromatic N) is 1. The molecule has 0 radical (unpaired) electrons. The number of para-hydroxylation sites is 1. The largest absolute Gasteiger partial charge is 0.326 e. The predicted molar refractivity (Wildman–Crippen MR) is 55.8 cm³/mol.